The minimum absolute atomic E-state index is 0.0776. The molecule has 1 aromatic heterocycles. The number of hydrogen-bond donors (Lipinski definition) is 2. The number of nitrogen functional groups attached to an aromatic ring is 1. The normalized spacial score (nSPS) is 12.3. The Kier molecular flexibility index (Phi) is 2.81. The van der Waals surface area contributed by atoms with Crippen molar-refractivity contribution in [2.45, 2.75) is 31.7 Å². The lowest BCUT2D eigenvalue weighted by molar-refractivity contribution is 0.396. The maximum Gasteiger partial charge on any atom is 0.248 e. The topological polar surface area (TPSA) is 98.2 Å². The summed E-state index contributed by atoms with van der Waals surface area (Å²) in [6.07, 6.45) is 0. The molecular weight excluding hydrogens is 206 g/mol. The molecule has 3 N–H and O–H groups in total. The number of nitrogens with zero attached hydrogens (tertiary/aromatic N) is 1. The maximum absolute atomic E-state index is 11.7. The van der Waals surface area contributed by atoms with Crippen LogP contribution in [0.5, 0.6) is 0 Å². The molecule has 80 valence electrons. The first-order chi connectivity index (χ1) is 6.34. The van der Waals surface area contributed by atoms with Crippen LogP contribution in [0, 0.1) is 6.92 Å². The zero-order chi connectivity index (χ0) is 10.9. The number of anilines is 1. The van der Waals surface area contributed by atoms with Crippen LogP contribution in [0.4, 0.5) is 5.82 Å². The van der Waals surface area contributed by atoms with E-state index < -0.39 is 10.0 Å². The number of nitrogens with two attached hydrogens (primary N) is 1. The second kappa shape index (κ2) is 3.58. The Hall–Kier alpha value is -1.08. The Morgan fingerprint density at radius 2 is 2.07 bits per heavy atom. The van der Waals surface area contributed by atoms with Gasteiger partial charge in [-0.15, -0.1) is 0 Å². The number of nitrogens with one attached hydrogen (secondary N) is 1. The van der Waals surface area contributed by atoms with Crippen molar-refractivity contribution in [2.24, 2.45) is 0 Å². The van der Waals surface area contributed by atoms with Crippen molar-refractivity contribution in [3.63, 3.8) is 0 Å². The molecule has 1 aromatic rings. The van der Waals surface area contributed by atoms with E-state index in [1.807, 2.05) is 0 Å². The van der Waals surface area contributed by atoms with Crippen LogP contribution in [-0.4, -0.2) is 19.6 Å². The lowest BCUT2D eigenvalue weighted by Gasteiger charge is -2.07. The molecule has 14 heavy (non-hydrogen) atoms. The van der Waals surface area contributed by atoms with Crippen LogP contribution in [0.2, 0.25) is 0 Å². The van der Waals surface area contributed by atoms with Crippen molar-refractivity contribution < 1.29 is 12.9 Å². The molecule has 0 saturated carbocycles. The Labute approximate surface area is 82.5 Å². The monoisotopic (exact) mass is 219 g/mol. The third kappa shape index (κ3) is 2.05. The zero-order valence-electron chi connectivity index (χ0n) is 8.23. The predicted molar refractivity (Wildman–Crippen MR) is 51.1 cm³/mol. The molecule has 0 aliphatic carbocycles. The number of aromatic nitrogens is 1. The highest BCUT2D eigenvalue weighted by atomic mass is 32.2. The largest absolute Gasteiger partial charge is 0.380 e. The van der Waals surface area contributed by atoms with Crippen LogP contribution < -0.4 is 10.5 Å². The molecule has 0 bridgehead atoms. The minimum Gasteiger partial charge on any atom is -0.380 e. The molecular formula is C7H13N3O3S. The molecule has 0 unspecified atom stereocenters. The van der Waals surface area contributed by atoms with Gasteiger partial charge in [0, 0.05) is 6.04 Å². The predicted octanol–water partition coefficient (Wildman–Crippen LogP) is 0.252. The second-order valence-electron chi connectivity index (χ2n) is 3.23. The molecule has 0 aromatic carbocycles. The number of aryl methyl sites for hydroxylation is 1. The SMILES string of the molecule is Cc1onc(N)c1S(=O)(=O)NC(C)C. The van der Waals surface area contributed by atoms with Gasteiger partial charge in [-0.2, -0.15) is 0 Å². The Morgan fingerprint density at radius 3 is 2.43 bits per heavy atom. The number of hydrogen-bond acceptors (Lipinski definition) is 5. The fraction of sp³-hybridized carbons (Fsp3) is 0.571. The third-order valence-electron chi connectivity index (χ3n) is 1.49. The second-order valence-corrected chi connectivity index (χ2v) is 4.88. The summed E-state index contributed by atoms with van der Waals surface area (Å²) in [5.74, 6) is 0.0753. The van der Waals surface area contributed by atoms with Crippen LogP contribution in [0.25, 0.3) is 0 Å². The van der Waals surface area contributed by atoms with Crippen LogP contribution >= 0.6 is 0 Å². The quantitative estimate of drug-likeness (QED) is 0.759. The van der Waals surface area contributed by atoms with E-state index in [1.54, 1.807) is 13.8 Å². The number of rotatable bonds is 3. The van der Waals surface area contributed by atoms with Crippen molar-refractivity contribution in [2.75, 3.05) is 5.73 Å². The molecule has 7 heteroatoms. The van der Waals surface area contributed by atoms with Gasteiger partial charge in [0.2, 0.25) is 10.0 Å². The summed E-state index contributed by atoms with van der Waals surface area (Å²) in [4.78, 5) is -0.0776. The molecule has 0 fully saturated rings. The van der Waals surface area contributed by atoms with Crippen LogP contribution in [0.3, 0.4) is 0 Å². The van der Waals surface area contributed by atoms with Crippen molar-refractivity contribution in [3.8, 4) is 0 Å². The summed E-state index contributed by atoms with van der Waals surface area (Å²) < 4.78 is 30.4. The van der Waals surface area contributed by atoms with Gasteiger partial charge in [-0.1, -0.05) is 5.16 Å². The highest BCUT2D eigenvalue weighted by molar-refractivity contribution is 7.89. The molecule has 0 amide bonds. The highest BCUT2D eigenvalue weighted by Crippen LogP contribution is 2.21. The minimum atomic E-state index is -3.61. The molecule has 0 spiro atoms. The van der Waals surface area contributed by atoms with Crippen molar-refractivity contribution in [1.29, 1.82) is 0 Å². The van der Waals surface area contributed by atoms with E-state index in [-0.39, 0.29) is 22.5 Å². The lowest BCUT2D eigenvalue weighted by atomic mass is 10.4. The fourth-order valence-corrected chi connectivity index (χ4v) is 2.54. The van der Waals surface area contributed by atoms with Crippen molar-refractivity contribution >= 4 is 15.8 Å². The van der Waals surface area contributed by atoms with Gasteiger partial charge in [-0.3, -0.25) is 0 Å². The summed E-state index contributed by atoms with van der Waals surface area (Å²) in [6, 6.07) is -0.200. The van der Waals surface area contributed by atoms with Crippen molar-refractivity contribution in [3.05, 3.63) is 5.76 Å². The molecule has 0 radical (unpaired) electrons. The highest BCUT2D eigenvalue weighted by Gasteiger charge is 2.25. The smallest absolute Gasteiger partial charge is 0.248 e. The van der Waals surface area contributed by atoms with E-state index in [2.05, 4.69) is 14.4 Å². The summed E-state index contributed by atoms with van der Waals surface area (Å²) in [6.45, 7) is 4.94. The summed E-state index contributed by atoms with van der Waals surface area (Å²) in [5.41, 5.74) is 5.38. The Balaban J connectivity index is 3.17. The first-order valence-corrected chi connectivity index (χ1v) is 5.57. The van der Waals surface area contributed by atoms with Crippen LogP contribution in [0.1, 0.15) is 19.6 Å². The maximum atomic E-state index is 11.7. The standard InChI is InChI=1S/C7H13N3O3S/c1-4(2)10-14(11,12)6-5(3)13-9-7(6)8/h4,10H,1-3H3,(H2,8,9). The average molecular weight is 219 g/mol. The van der Waals surface area contributed by atoms with Gasteiger partial charge in [-0.05, 0) is 20.8 Å². The third-order valence-corrected chi connectivity index (χ3v) is 3.31. The van der Waals surface area contributed by atoms with Crippen LogP contribution in [-0.2, 0) is 10.0 Å². The van der Waals surface area contributed by atoms with E-state index in [0.29, 0.717) is 0 Å². The van der Waals surface area contributed by atoms with Gasteiger partial charge in [-0.25, -0.2) is 13.1 Å². The molecule has 0 saturated heterocycles. The van der Waals surface area contributed by atoms with E-state index in [0.717, 1.165) is 0 Å². The van der Waals surface area contributed by atoms with Gasteiger partial charge in [0.25, 0.3) is 0 Å². The van der Waals surface area contributed by atoms with E-state index in [1.165, 1.54) is 6.92 Å². The van der Waals surface area contributed by atoms with Gasteiger partial charge in [0.15, 0.2) is 16.5 Å². The summed E-state index contributed by atoms with van der Waals surface area (Å²) in [5, 5.41) is 3.37. The molecule has 6 nitrogen and oxygen atoms in total. The lowest BCUT2D eigenvalue weighted by Crippen LogP contribution is -2.30. The molecule has 0 atom stereocenters. The molecule has 0 aliphatic rings. The summed E-state index contributed by atoms with van der Waals surface area (Å²) in [7, 11) is -3.61. The zero-order valence-corrected chi connectivity index (χ0v) is 9.05. The first-order valence-electron chi connectivity index (χ1n) is 4.08. The van der Waals surface area contributed by atoms with Crippen molar-refractivity contribution in [1.82, 2.24) is 9.88 Å². The van der Waals surface area contributed by atoms with Gasteiger partial charge < -0.3 is 10.3 Å². The molecule has 0 aliphatic heterocycles. The number of sulfonamides is 1. The van der Waals surface area contributed by atoms with E-state index >= 15 is 0 Å². The summed E-state index contributed by atoms with van der Waals surface area (Å²) >= 11 is 0. The first kappa shape index (κ1) is 11.0. The Morgan fingerprint density at radius 1 is 1.50 bits per heavy atom. The van der Waals surface area contributed by atoms with E-state index in [9.17, 15) is 8.42 Å². The molecule has 1 rings (SSSR count). The van der Waals surface area contributed by atoms with E-state index in [4.69, 9.17) is 5.73 Å². The Bertz CT molecular complexity index is 402. The van der Waals surface area contributed by atoms with Gasteiger partial charge >= 0.3 is 0 Å². The fourth-order valence-electron chi connectivity index (χ4n) is 1.08. The average Bonchev–Trinajstić information content (AvgIpc) is 2.27. The van der Waals surface area contributed by atoms with Gasteiger partial charge in [0.05, 0.1) is 0 Å². The van der Waals surface area contributed by atoms with Crippen LogP contribution in [0.15, 0.2) is 9.42 Å². The van der Waals surface area contributed by atoms with Gasteiger partial charge in [0.1, 0.15) is 0 Å². The molecule has 1 heterocycles.